The number of hydrogen-bond acceptors (Lipinski definition) is 6. The molecule has 0 aliphatic rings. The first-order valence-electron chi connectivity index (χ1n) is 10.2. The molecule has 7 nitrogen and oxygen atoms in total. The second kappa shape index (κ2) is 13.4. The standard InChI is InChI=1S/C24H27N3O4S.2ClH/c1-18(15-19-7-9-20(10-8-19)24(28)31-3)17-27(2)14-13-26-32(29,30)23-6-4-5-21-16-25-12-11-22(21)23;;/h4-12,15-16,26H,13-14,17H2,1-3H3;2*1H. The van der Waals surface area contributed by atoms with Crippen LogP contribution >= 0.6 is 24.8 Å². The van der Waals surface area contributed by atoms with E-state index in [2.05, 4.69) is 9.71 Å². The largest absolute Gasteiger partial charge is 0.465 e. The number of sulfonamides is 1. The van der Waals surface area contributed by atoms with Crippen molar-refractivity contribution < 1.29 is 17.9 Å². The lowest BCUT2D eigenvalue weighted by Crippen LogP contribution is -2.33. The average Bonchev–Trinajstić information content (AvgIpc) is 2.78. The lowest BCUT2D eigenvalue weighted by atomic mass is 10.1. The molecule has 0 radical (unpaired) electrons. The number of likely N-dealkylation sites (N-methyl/N-ethyl adjacent to an activating group) is 1. The summed E-state index contributed by atoms with van der Waals surface area (Å²) in [4.78, 5) is 17.9. The summed E-state index contributed by atoms with van der Waals surface area (Å²) in [7, 11) is -0.333. The maximum absolute atomic E-state index is 12.8. The third-order valence-corrected chi connectivity index (χ3v) is 6.50. The highest BCUT2D eigenvalue weighted by Crippen LogP contribution is 2.21. The van der Waals surface area contributed by atoms with Crippen molar-refractivity contribution in [2.75, 3.05) is 33.8 Å². The molecule has 0 fully saturated rings. The summed E-state index contributed by atoms with van der Waals surface area (Å²) in [6, 6.07) is 14.1. The monoisotopic (exact) mass is 525 g/mol. The van der Waals surface area contributed by atoms with Gasteiger partial charge in [-0.2, -0.15) is 0 Å². The fourth-order valence-corrected chi connectivity index (χ4v) is 4.69. The number of esters is 1. The Morgan fingerprint density at radius 1 is 1.12 bits per heavy atom. The molecule has 0 aliphatic heterocycles. The highest BCUT2D eigenvalue weighted by Gasteiger charge is 2.17. The van der Waals surface area contributed by atoms with Crippen LogP contribution in [0.15, 0.2) is 71.4 Å². The molecule has 1 heterocycles. The molecule has 0 saturated carbocycles. The number of benzene rings is 2. The quantitative estimate of drug-likeness (QED) is 0.421. The number of rotatable bonds is 9. The predicted molar refractivity (Wildman–Crippen MR) is 140 cm³/mol. The second-order valence-electron chi connectivity index (χ2n) is 7.59. The first-order valence-corrected chi connectivity index (χ1v) is 11.6. The van der Waals surface area contributed by atoms with Gasteiger partial charge in [0.1, 0.15) is 0 Å². The van der Waals surface area contributed by atoms with E-state index in [-0.39, 0.29) is 35.7 Å². The molecule has 3 aromatic rings. The van der Waals surface area contributed by atoms with Crippen LogP contribution in [0, 0.1) is 0 Å². The van der Waals surface area contributed by atoms with E-state index >= 15 is 0 Å². The second-order valence-corrected chi connectivity index (χ2v) is 9.33. The maximum Gasteiger partial charge on any atom is 0.337 e. The van der Waals surface area contributed by atoms with Gasteiger partial charge in [-0.25, -0.2) is 17.9 Å². The third kappa shape index (κ3) is 7.78. The van der Waals surface area contributed by atoms with Gasteiger partial charge in [-0.05, 0) is 43.8 Å². The van der Waals surface area contributed by atoms with Crippen molar-refractivity contribution in [3.63, 3.8) is 0 Å². The first-order chi connectivity index (χ1) is 15.3. The summed E-state index contributed by atoms with van der Waals surface area (Å²) in [5.41, 5.74) is 2.60. The molecular weight excluding hydrogens is 497 g/mol. The Balaban J connectivity index is 0.00000289. The summed E-state index contributed by atoms with van der Waals surface area (Å²) in [6.07, 6.45) is 5.28. The van der Waals surface area contributed by atoms with Crippen LogP contribution in [-0.2, 0) is 14.8 Å². The first kappa shape index (κ1) is 29.5. The molecular formula is C24H29Cl2N3O4S. The van der Waals surface area contributed by atoms with Crippen molar-refractivity contribution in [1.29, 1.82) is 0 Å². The summed E-state index contributed by atoms with van der Waals surface area (Å²) >= 11 is 0. The number of nitrogens with zero attached hydrogens (tertiary/aromatic N) is 2. The minimum absolute atomic E-state index is 0. The number of fused-ring (bicyclic) bond motifs is 1. The van der Waals surface area contributed by atoms with E-state index in [0.717, 1.165) is 16.5 Å². The van der Waals surface area contributed by atoms with Crippen LogP contribution in [0.25, 0.3) is 16.8 Å². The van der Waals surface area contributed by atoms with Gasteiger partial charge in [-0.15, -0.1) is 24.8 Å². The Hall–Kier alpha value is -2.49. The molecule has 34 heavy (non-hydrogen) atoms. The highest BCUT2D eigenvalue weighted by molar-refractivity contribution is 7.89. The summed E-state index contributed by atoms with van der Waals surface area (Å²) in [6.45, 7) is 3.54. The minimum atomic E-state index is -3.63. The van der Waals surface area contributed by atoms with Crippen LogP contribution in [0.2, 0.25) is 0 Å². The van der Waals surface area contributed by atoms with Gasteiger partial charge in [-0.1, -0.05) is 35.9 Å². The number of hydrogen-bond donors (Lipinski definition) is 1. The van der Waals surface area contributed by atoms with Gasteiger partial charge in [0.15, 0.2) is 0 Å². The van der Waals surface area contributed by atoms with E-state index in [1.807, 2.05) is 43.1 Å². The molecule has 0 unspecified atom stereocenters. The van der Waals surface area contributed by atoms with Crippen molar-refractivity contribution in [2.45, 2.75) is 11.8 Å². The molecule has 1 aromatic heterocycles. The fourth-order valence-electron chi connectivity index (χ4n) is 3.44. The molecule has 0 atom stereocenters. The van der Waals surface area contributed by atoms with Crippen LogP contribution in [-0.4, -0.2) is 58.1 Å². The molecule has 10 heteroatoms. The van der Waals surface area contributed by atoms with Crippen LogP contribution in [0.3, 0.4) is 0 Å². The van der Waals surface area contributed by atoms with Gasteiger partial charge in [0.25, 0.3) is 0 Å². The van der Waals surface area contributed by atoms with Crippen molar-refractivity contribution in [2.24, 2.45) is 0 Å². The van der Waals surface area contributed by atoms with E-state index < -0.39 is 10.0 Å². The molecule has 2 aromatic carbocycles. The van der Waals surface area contributed by atoms with Crippen molar-refractivity contribution >= 4 is 57.7 Å². The smallest absolute Gasteiger partial charge is 0.337 e. The molecule has 1 N–H and O–H groups in total. The zero-order chi connectivity index (χ0) is 23.1. The lowest BCUT2D eigenvalue weighted by Gasteiger charge is -2.18. The summed E-state index contributed by atoms with van der Waals surface area (Å²) < 4.78 is 33.0. The van der Waals surface area contributed by atoms with Crippen molar-refractivity contribution in [3.05, 3.63) is 77.6 Å². The highest BCUT2D eigenvalue weighted by atomic mass is 35.5. The topological polar surface area (TPSA) is 88.6 Å². The zero-order valence-corrected chi connectivity index (χ0v) is 21.7. The Kier molecular flexibility index (Phi) is 11.7. The van der Waals surface area contributed by atoms with Crippen LogP contribution in [0.5, 0.6) is 0 Å². The Morgan fingerprint density at radius 2 is 1.82 bits per heavy atom. The Morgan fingerprint density at radius 3 is 2.50 bits per heavy atom. The van der Waals surface area contributed by atoms with Crippen molar-refractivity contribution in [3.8, 4) is 0 Å². The molecule has 0 saturated heterocycles. The minimum Gasteiger partial charge on any atom is -0.465 e. The van der Waals surface area contributed by atoms with Gasteiger partial charge < -0.3 is 9.64 Å². The van der Waals surface area contributed by atoms with Gasteiger partial charge in [0.2, 0.25) is 10.0 Å². The molecule has 3 rings (SSSR count). The molecule has 184 valence electrons. The third-order valence-electron chi connectivity index (χ3n) is 4.98. The summed E-state index contributed by atoms with van der Waals surface area (Å²) in [5.74, 6) is -0.361. The van der Waals surface area contributed by atoms with E-state index in [1.165, 1.54) is 7.11 Å². The van der Waals surface area contributed by atoms with Gasteiger partial charge in [-0.3, -0.25) is 4.98 Å². The van der Waals surface area contributed by atoms with Gasteiger partial charge in [0.05, 0.1) is 17.6 Å². The number of ether oxygens (including phenoxy) is 1. The van der Waals surface area contributed by atoms with E-state index in [0.29, 0.717) is 30.6 Å². The number of methoxy groups -OCH3 is 1. The number of pyridine rings is 1. The number of carbonyl (C=O) groups excluding carboxylic acids is 1. The molecule has 0 bridgehead atoms. The van der Waals surface area contributed by atoms with Crippen molar-refractivity contribution in [1.82, 2.24) is 14.6 Å². The fraction of sp³-hybridized carbons (Fsp3) is 0.250. The van der Waals surface area contributed by atoms with Gasteiger partial charge >= 0.3 is 5.97 Å². The van der Waals surface area contributed by atoms with Crippen LogP contribution < -0.4 is 4.72 Å². The van der Waals surface area contributed by atoms with Crippen LogP contribution in [0.1, 0.15) is 22.8 Å². The number of nitrogens with one attached hydrogen (secondary N) is 1. The zero-order valence-electron chi connectivity index (χ0n) is 19.2. The molecule has 0 amide bonds. The Bertz CT molecular complexity index is 1230. The molecule has 0 aliphatic carbocycles. The lowest BCUT2D eigenvalue weighted by molar-refractivity contribution is 0.0600. The van der Waals surface area contributed by atoms with E-state index in [1.54, 1.807) is 42.7 Å². The average molecular weight is 526 g/mol. The Labute approximate surface area is 213 Å². The predicted octanol–water partition coefficient (Wildman–Crippen LogP) is 4.18. The van der Waals surface area contributed by atoms with Gasteiger partial charge in [0, 0.05) is 42.8 Å². The number of halogens is 2. The number of aromatic nitrogens is 1. The van der Waals surface area contributed by atoms with E-state index in [4.69, 9.17) is 4.74 Å². The maximum atomic E-state index is 12.8. The number of carbonyl (C=O) groups is 1. The van der Waals surface area contributed by atoms with E-state index in [9.17, 15) is 13.2 Å². The van der Waals surface area contributed by atoms with Crippen LogP contribution in [0.4, 0.5) is 0 Å². The molecule has 0 spiro atoms. The SMILES string of the molecule is COC(=O)c1ccc(C=C(C)CN(C)CCNS(=O)(=O)c2cccc3cnccc23)cc1.Cl.Cl. The normalized spacial score (nSPS) is 11.6. The summed E-state index contributed by atoms with van der Waals surface area (Å²) in [5, 5.41) is 1.44.